The van der Waals surface area contributed by atoms with Crippen LogP contribution in [0.4, 0.5) is 5.69 Å². The third-order valence-corrected chi connectivity index (χ3v) is 4.37. The van der Waals surface area contributed by atoms with Crippen LogP contribution in [0.15, 0.2) is 6.07 Å². The summed E-state index contributed by atoms with van der Waals surface area (Å²) >= 11 is 13.7. The van der Waals surface area contributed by atoms with Gasteiger partial charge in [0.1, 0.15) is 17.7 Å². The van der Waals surface area contributed by atoms with Crippen LogP contribution in [0.1, 0.15) is 13.8 Å². The van der Waals surface area contributed by atoms with Crippen molar-refractivity contribution in [3.63, 3.8) is 0 Å². The number of hydrogen-bond acceptors (Lipinski definition) is 8. The van der Waals surface area contributed by atoms with Crippen LogP contribution in [0.5, 0.6) is 11.8 Å². The van der Waals surface area contributed by atoms with Gasteiger partial charge in [0.15, 0.2) is 0 Å². The van der Waals surface area contributed by atoms with Crippen LogP contribution in [0, 0.1) is 0 Å². The Labute approximate surface area is 162 Å². The molecular formula is C15H22Cl2N4O3S. The topological polar surface area (TPSA) is 82.7 Å². The van der Waals surface area contributed by atoms with E-state index in [4.69, 9.17) is 42.6 Å². The van der Waals surface area contributed by atoms with Crippen molar-refractivity contribution in [3.05, 3.63) is 16.1 Å². The summed E-state index contributed by atoms with van der Waals surface area (Å²) in [5, 5.41) is 0.674. The van der Waals surface area contributed by atoms with E-state index < -0.39 is 0 Å². The Morgan fingerprint density at radius 2 is 1.72 bits per heavy atom. The SMILES string of the molecule is CC.COSN(CCN)c1c(Cl)c(Cl)cc2nc(OC)c(OC)nc12. The molecule has 2 rings (SSSR count). The predicted octanol–water partition coefficient (Wildman–Crippen LogP) is 3.95. The molecule has 1 aromatic carbocycles. The lowest BCUT2D eigenvalue weighted by Crippen LogP contribution is -2.24. The summed E-state index contributed by atoms with van der Waals surface area (Å²) in [5.74, 6) is 0.504. The van der Waals surface area contributed by atoms with E-state index >= 15 is 0 Å². The summed E-state index contributed by atoms with van der Waals surface area (Å²) in [5.41, 5.74) is 7.25. The molecule has 0 atom stereocenters. The molecule has 0 saturated carbocycles. The number of anilines is 1. The Hall–Kier alpha value is -1.19. The Morgan fingerprint density at radius 3 is 2.24 bits per heavy atom. The second-order valence-corrected chi connectivity index (χ2v) is 5.97. The maximum Gasteiger partial charge on any atom is 0.278 e. The molecule has 0 aliphatic heterocycles. The van der Waals surface area contributed by atoms with Crippen molar-refractivity contribution >= 4 is 52.2 Å². The highest BCUT2D eigenvalue weighted by atomic mass is 35.5. The molecule has 0 unspecified atom stereocenters. The Bertz CT molecular complexity index is 700. The number of ether oxygens (including phenoxy) is 2. The predicted molar refractivity (Wildman–Crippen MR) is 105 cm³/mol. The summed E-state index contributed by atoms with van der Waals surface area (Å²) in [7, 11) is 4.51. The molecule has 0 spiro atoms. The minimum atomic E-state index is 0.245. The number of rotatable bonds is 7. The minimum absolute atomic E-state index is 0.245. The highest BCUT2D eigenvalue weighted by molar-refractivity contribution is 7.96. The van der Waals surface area contributed by atoms with Gasteiger partial charge in [-0.3, -0.25) is 8.49 Å². The number of aromatic nitrogens is 2. The summed E-state index contributed by atoms with van der Waals surface area (Å²) in [6, 6.07) is 1.62. The van der Waals surface area contributed by atoms with Gasteiger partial charge in [-0.15, -0.1) is 0 Å². The first-order valence-corrected chi connectivity index (χ1v) is 8.98. The van der Waals surface area contributed by atoms with Crippen LogP contribution in [0.25, 0.3) is 11.0 Å². The quantitative estimate of drug-likeness (QED) is 0.544. The molecule has 0 fully saturated rings. The lowest BCUT2D eigenvalue weighted by molar-refractivity contribution is 0.334. The van der Waals surface area contributed by atoms with Crippen molar-refractivity contribution in [1.29, 1.82) is 0 Å². The van der Waals surface area contributed by atoms with Gasteiger partial charge in [-0.1, -0.05) is 37.0 Å². The standard InChI is InChI=1S/C13H16Cl2N4O3S.C2H6/c1-20-12-13(21-2)18-10-8(17-12)6-7(14)9(15)11(10)19(5-4-16)23-22-3;1-2/h6H,4-5,16H2,1-3H3;1-2H3. The van der Waals surface area contributed by atoms with Gasteiger partial charge in [0, 0.05) is 13.1 Å². The fraction of sp³-hybridized carbons (Fsp3) is 0.467. The van der Waals surface area contributed by atoms with Crippen LogP contribution >= 0.6 is 35.4 Å². The van der Waals surface area contributed by atoms with E-state index in [1.54, 1.807) is 17.5 Å². The number of benzene rings is 1. The highest BCUT2D eigenvalue weighted by Crippen LogP contribution is 2.42. The zero-order valence-corrected chi connectivity index (χ0v) is 17.1. The monoisotopic (exact) mass is 408 g/mol. The molecule has 0 radical (unpaired) electrons. The third-order valence-electron chi connectivity index (χ3n) is 2.90. The fourth-order valence-electron chi connectivity index (χ4n) is 1.98. The van der Waals surface area contributed by atoms with Gasteiger partial charge in [0.2, 0.25) is 0 Å². The first-order chi connectivity index (χ1) is 12.1. The first kappa shape index (κ1) is 21.9. The molecule has 7 nitrogen and oxygen atoms in total. The molecule has 2 aromatic rings. The largest absolute Gasteiger partial charge is 0.477 e. The molecule has 10 heteroatoms. The van der Waals surface area contributed by atoms with Crippen molar-refractivity contribution in [1.82, 2.24) is 9.97 Å². The lowest BCUT2D eigenvalue weighted by atomic mass is 10.2. The van der Waals surface area contributed by atoms with Gasteiger partial charge in [-0.05, 0) is 6.07 Å². The summed E-state index contributed by atoms with van der Waals surface area (Å²) < 4.78 is 17.3. The van der Waals surface area contributed by atoms with Gasteiger partial charge in [0.25, 0.3) is 11.8 Å². The van der Waals surface area contributed by atoms with Gasteiger partial charge in [-0.2, -0.15) is 0 Å². The Kier molecular flexibility index (Phi) is 9.37. The number of hydrogen-bond donors (Lipinski definition) is 1. The highest BCUT2D eigenvalue weighted by Gasteiger charge is 2.22. The van der Waals surface area contributed by atoms with Crippen molar-refractivity contribution in [2.75, 3.05) is 38.7 Å². The second-order valence-electron chi connectivity index (χ2n) is 4.26. The smallest absolute Gasteiger partial charge is 0.278 e. The van der Waals surface area contributed by atoms with E-state index in [2.05, 4.69) is 9.97 Å². The van der Waals surface area contributed by atoms with Crippen LogP contribution in [0.3, 0.4) is 0 Å². The van der Waals surface area contributed by atoms with Gasteiger partial charge < -0.3 is 15.2 Å². The Balaban J connectivity index is 0.00000151. The van der Waals surface area contributed by atoms with Crippen LogP contribution in [0.2, 0.25) is 10.0 Å². The normalized spacial score (nSPS) is 10.2. The number of nitrogens with two attached hydrogens (primary N) is 1. The molecule has 2 N–H and O–H groups in total. The second kappa shape index (κ2) is 10.7. The van der Waals surface area contributed by atoms with Crippen molar-refractivity contribution < 1.29 is 13.7 Å². The van der Waals surface area contributed by atoms with Gasteiger partial charge in [0.05, 0.1) is 42.6 Å². The molecule has 1 aromatic heterocycles. The summed E-state index contributed by atoms with van der Waals surface area (Å²) in [4.78, 5) is 8.82. The number of nitrogens with zero attached hydrogens (tertiary/aromatic N) is 3. The molecule has 0 aliphatic rings. The average Bonchev–Trinajstić information content (AvgIpc) is 2.63. The number of methoxy groups -OCH3 is 2. The summed E-state index contributed by atoms with van der Waals surface area (Å²) in [6.07, 6.45) is 0. The molecule has 25 heavy (non-hydrogen) atoms. The number of halogens is 2. The van der Waals surface area contributed by atoms with E-state index in [1.807, 2.05) is 13.8 Å². The molecule has 140 valence electrons. The summed E-state index contributed by atoms with van der Waals surface area (Å²) in [6.45, 7) is 4.87. The lowest BCUT2D eigenvalue weighted by Gasteiger charge is -2.23. The van der Waals surface area contributed by atoms with Crippen molar-refractivity contribution in [2.24, 2.45) is 5.73 Å². The van der Waals surface area contributed by atoms with E-state index in [0.29, 0.717) is 39.9 Å². The van der Waals surface area contributed by atoms with Gasteiger partial charge >= 0.3 is 0 Å². The molecule has 0 bridgehead atoms. The fourth-order valence-corrected chi connectivity index (χ4v) is 3.08. The average molecular weight is 409 g/mol. The molecular weight excluding hydrogens is 387 g/mol. The maximum absolute atomic E-state index is 6.38. The van der Waals surface area contributed by atoms with Crippen LogP contribution in [-0.4, -0.2) is 44.4 Å². The molecule has 0 amide bonds. The van der Waals surface area contributed by atoms with Crippen LogP contribution < -0.4 is 19.5 Å². The molecule has 0 aliphatic carbocycles. The molecule has 1 heterocycles. The molecule has 0 saturated heterocycles. The maximum atomic E-state index is 6.38. The van der Waals surface area contributed by atoms with Crippen LogP contribution in [-0.2, 0) is 4.18 Å². The van der Waals surface area contributed by atoms with Crippen molar-refractivity contribution in [2.45, 2.75) is 13.8 Å². The Morgan fingerprint density at radius 1 is 1.12 bits per heavy atom. The van der Waals surface area contributed by atoms with E-state index in [-0.39, 0.29) is 11.8 Å². The van der Waals surface area contributed by atoms with Gasteiger partial charge in [-0.25, -0.2) is 9.97 Å². The minimum Gasteiger partial charge on any atom is -0.477 e. The zero-order valence-electron chi connectivity index (χ0n) is 14.8. The first-order valence-electron chi connectivity index (χ1n) is 7.53. The van der Waals surface area contributed by atoms with E-state index in [0.717, 1.165) is 12.2 Å². The number of fused-ring (bicyclic) bond motifs is 1. The van der Waals surface area contributed by atoms with Crippen molar-refractivity contribution in [3.8, 4) is 11.8 Å². The van der Waals surface area contributed by atoms with E-state index in [1.165, 1.54) is 14.2 Å². The third kappa shape index (κ3) is 4.92. The van der Waals surface area contributed by atoms with E-state index in [9.17, 15) is 0 Å². The zero-order chi connectivity index (χ0) is 19.0.